The molecule has 1 aromatic rings. The number of nitrogens with zero attached hydrogens (tertiary/aromatic N) is 2. The molecule has 0 unspecified atom stereocenters. The minimum atomic E-state index is -1.02. The van der Waals surface area contributed by atoms with Gasteiger partial charge in [-0.05, 0) is 43.5 Å². The van der Waals surface area contributed by atoms with Crippen LogP contribution in [0, 0.1) is 11.8 Å². The standard InChI is InChI=1S/C20H25ClN4O4S/c21-11-1-3-12(4-2-11)23-20-24-15-16(27)14(26)9-13(17(15)30-20)19(29)25-7-5-10(6-8-25)18(22)28/h1-4,10,13-17,26-27H,5-9H2,(H2,22,28)(H,23,24)/t13-,14+,15+,16-,17+/m0/s1. The number of primary amides is 1. The van der Waals surface area contributed by atoms with Crippen LogP contribution < -0.4 is 11.1 Å². The number of aliphatic hydroxyl groups is 2. The van der Waals surface area contributed by atoms with E-state index < -0.39 is 24.2 Å². The van der Waals surface area contributed by atoms with Gasteiger partial charge in [0.05, 0.1) is 18.1 Å². The highest BCUT2D eigenvalue weighted by atomic mass is 35.5. The molecule has 0 radical (unpaired) electrons. The highest BCUT2D eigenvalue weighted by Crippen LogP contribution is 2.42. The Hall–Kier alpha value is -1.81. The summed E-state index contributed by atoms with van der Waals surface area (Å²) in [5, 5.41) is 25.0. The zero-order chi connectivity index (χ0) is 21.4. The van der Waals surface area contributed by atoms with Crippen LogP contribution in [0.3, 0.4) is 0 Å². The molecule has 30 heavy (non-hydrogen) atoms. The third kappa shape index (κ3) is 4.30. The van der Waals surface area contributed by atoms with E-state index >= 15 is 0 Å². The zero-order valence-corrected chi connectivity index (χ0v) is 17.9. The van der Waals surface area contributed by atoms with Crippen molar-refractivity contribution < 1.29 is 19.8 Å². The van der Waals surface area contributed by atoms with Crippen LogP contribution in [-0.2, 0) is 9.59 Å². The Morgan fingerprint density at radius 2 is 1.87 bits per heavy atom. The summed E-state index contributed by atoms with van der Waals surface area (Å²) in [5.74, 6) is -1.04. The van der Waals surface area contributed by atoms with Crippen molar-refractivity contribution in [2.75, 3.05) is 18.4 Å². The smallest absolute Gasteiger partial charge is 0.227 e. The van der Waals surface area contributed by atoms with E-state index in [0.29, 0.717) is 36.1 Å². The highest BCUT2D eigenvalue weighted by molar-refractivity contribution is 8.15. The van der Waals surface area contributed by atoms with Gasteiger partial charge in [0.25, 0.3) is 0 Å². The lowest BCUT2D eigenvalue weighted by Gasteiger charge is -2.40. The lowest BCUT2D eigenvalue weighted by atomic mass is 9.80. The molecular weight excluding hydrogens is 428 g/mol. The molecule has 1 aromatic carbocycles. The second kappa shape index (κ2) is 8.74. The van der Waals surface area contributed by atoms with Crippen LogP contribution in [0.1, 0.15) is 19.3 Å². The number of benzene rings is 1. The number of amidine groups is 1. The number of halogens is 1. The number of hydrogen-bond acceptors (Lipinski definition) is 7. The van der Waals surface area contributed by atoms with E-state index in [1.54, 1.807) is 17.0 Å². The summed E-state index contributed by atoms with van der Waals surface area (Å²) >= 11 is 7.34. The van der Waals surface area contributed by atoms with Gasteiger partial charge in [0.2, 0.25) is 11.8 Å². The van der Waals surface area contributed by atoms with Gasteiger partial charge in [0, 0.05) is 35.0 Å². The lowest BCUT2D eigenvalue weighted by Crippen LogP contribution is -2.55. The van der Waals surface area contributed by atoms with Crippen molar-refractivity contribution in [1.29, 1.82) is 0 Å². The van der Waals surface area contributed by atoms with Gasteiger partial charge in [0.15, 0.2) is 5.17 Å². The maximum absolute atomic E-state index is 13.2. The van der Waals surface area contributed by atoms with Crippen molar-refractivity contribution >= 4 is 46.0 Å². The van der Waals surface area contributed by atoms with E-state index in [1.165, 1.54) is 11.8 Å². The number of carbonyl (C=O) groups excluding carboxylic acids is 2. The third-order valence-corrected chi connectivity index (χ3v) is 7.67. The van der Waals surface area contributed by atoms with Crippen LogP contribution in [0.5, 0.6) is 0 Å². The van der Waals surface area contributed by atoms with Crippen LogP contribution in [0.15, 0.2) is 29.3 Å². The van der Waals surface area contributed by atoms with Crippen molar-refractivity contribution in [3.63, 3.8) is 0 Å². The fraction of sp³-hybridized carbons (Fsp3) is 0.550. The Labute approximate surface area is 183 Å². The monoisotopic (exact) mass is 452 g/mol. The van der Waals surface area contributed by atoms with Crippen molar-refractivity contribution in [1.82, 2.24) is 4.90 Å². The molecule has 1 aliphatic carbocycles. The number of amides is 2. The lowest BCUT2D eigenvalue weighted by molar-refractivity contribution is -0.142. The molecule has 2 amide bonds. The SMILES string of the molecule is NC(=O)C1CCN(C(=O)[C@H]2C[C@@H](O)[C@H](O)[C@H]3N=C(Nc4ccc(Cl)cc4)S[C@@H]32)CC1. The van der Waals surface area contributed by atoms with E-state index in [4.69, 9.17) is 17.3 Å². The zero-order valence-electron chi connectivity index (χ0n) is 16.3. The number of rotatable bonds is 3. The Morgan fingerprint density at radius 3 is 2.50 bits per heavy atom. The number of piperidine rings is 1. The molecule has 8 nitrogen and oxygen atoms in total. The van der Waals surface area contributed by atoms with Gasteiger partial charge in [0.1, 0.15) is 6.10 Å². The number of aliphatic imine (C=N–C) groups is 1. The Morgan fingerprint density at radius 1 is 1.20 bits per heavy atom. The minimum absolute atomic E-state index is 0.0608. The largest absolute Gasteiger partial charge is 0.390 e. The molecule has 2 heterocycles. The summed E-state index contributed by atoms with van der Waals surface area (Å²) in [6.45, 7) is 0.945. The number of thioether (sulfide) groups is 1. The summed E-state index contributed by atoms with van der Waals surface area (Å²) in [7, 11) is 0. The number of nitrogens with one attached hydrogen (secondary N) is 1. The second-order valence-electron chi connectivity index (χ2n) is 8.04. The van der Waals surface area contributed by atoms with Gasteiger partial charge in [-0.3, -0.25) is 14.6 Å². The van der Waals surface area contributed by atoms with E-state index in [0.717, 1.165) is 5.69 Å². The molecule has 1 saturated carbocycles. The van der Waals surface area contributed by atoms with Gasteiger partial charge in [-0.1, -0.05) is 23.4 Å². The molecule has 3 aliphatic rings. The number of likely N-dealkylation sites (tertiary alicyclic amines) is 1. The first-order chi connectivity index (χ1) is 14.3. The van der Waals surface area contributed by atoms with Gasteiger partial charge >= 0.3 is 0 Å². The molecule has 162 valence electrons. The van der Waals surface area contributed by atoms with Crippen LogP contribution in [0.25, 0.3) is 0 Å². The Balaban J connectivity index is 1.46. The minimum Gasteiger partial charge on any atom is -0.390 e. The van der Waals surface area contributed by atoms with Crippen LogP contribution in [0.4, 0.5) is 5.69 Å². The maximum atomic E-state index is 13.2. The highest BCUT2D eigenvalue weighted by Gasteiger charge is 2.51. The average Bonchev–Trinajstić information content (AvgIpc) is 3.16. The fourth-order valence-electron chi connectivity index (χ4n) is 4.37. The molecule has 5 N–H and O–H groups in total. The number of fused-ring (bicyclic) bond motifs is 1. The summed E-state index contributed by atoms with van der Waals surface area (Å²) in [6, 6.07) is 6.61. The second-order valence-corrected chi connectivity index (χ2v) is 9.64. The molecule has 10 heteroatoms. The fourth-order valence-corrected chi connectivity index (χ4v) is 5.86. The molecule has 5 atom stereocenters. The topological polar surface area (TPSA) is 128 Å². The van der Waals surface area contributed by atoms with E-state index in [-0.39, 0.29) is 29.4 Å². The van der Waals surface area contributed by atoms with Gasteiger partial charge in [-0.15, -0.1) is 0 Å². The molecular formula is C20H25ClN4O4S. The predicted molar refractivity (Wildman–Crippen MR) is 116 cm³/mol. The van der Waals surface area contributed by atoms with Crippen molar-refractivity contribution in [3.05, 3.63) is 29.3 Å². The molecule has 0 spiro atoms. The van der Waals surface area contributed by atoms with Crippen molar-refractivity contribution in [3.8, 4) is 0 Å². The number of hydrogen-bond donors (Lipinski definition) is 4. The maximum Gasteiger partial charge on any atom is 0.227 e. The number of nitrogens with two attached hydrogens (primary N) is 1. The number of carbonyl (C=O) groups is 2. The summed E-state index contributed by atoms with van der Waals surface area (Å²) < 4.78 is 0. The van der Waals surface area contributed by atoms with Crippen molar-refractivity contribution in [2.24, 2.45) is 22.6 Å². The van der Waals surface area contributed by atoms with Crippen LogP contribution >= 0.6 is 23.4 Å². The summed E-state index contributed by atoms with van der Waals surface area (Å²) in [6.07, 6.45) is -0.729. The number of aliphatic hydroxyl groups excluding tert-OH is 2. The van der Waals surface area contributed by atoms with E-state index in [1.807, 2.05) is 12.1 Å². The molecule has 2 fully saturated rings. The predicted octanol–water partition coefficient (Wildman–Crippen LogP) is 1.06. The van der Waals surface area contributed by atoms with Gasteiger partial charge in [-0.2, -0.15) is 0 Å². The van der Waals surface area contributed by atoms with Crippen LogP contribution in [0.2, 0.25) is 5.02 Å². The normalized spacial score (nSPS) is 31.8. The first-order valence-electron chi connectivity index (χ1n) is 10.0. The summed E-state index contributed by atoms with van der Waals surface area (Å²) in [5.41, 5.74) is 6.19. The molecule has 1 saturated heterocycles. The van der Waals surface area contributed by atoms with Crippen molar-refractivity contribution in [2.45, 2.75) is 42.8 Å². The third-order valence-electron chi connectivity index (χ3n) is 6.11. The van der Waals surface area contributed by atoms with Crippen LogP contribution in [-0.4, -0.2) is 68.7 Å². The van der Waals surface area contributed by atoms with Gasteiger partial charge < -0.3 is 26.2 Å². The first-order valence-corrected chi connectivity index (χ1v) is 11.3. The first kappa shape index (κ1) is 21.4. The van der Waals surface area contributed by atoms with E-state index in [9.17, 15) is 19.8 Å². The van der Waals surface area contributed by atoms with E-state index in [2.05, 4.69) is 10.3 Å². The molecule has 4 rings (SSSR count). The Bertz CT molecular complexity index is 844. The molecule has 0 bridgehead atoms. The Kier molecular flexibility index (Phi) is 6.24. The average molecular weight is 453 g/mol. The molecule has 0 aromatic heterocycles. The molecule has 2 aliphatic heterocycles. The quantitative estimate of drug-likeness (QED) is 0.542. The van der Waals surface area contributed by atoms with Gasteiger partial charge in [-0.25, -0.2) is 0 Å². The number of anilines is 1. The summed E-state index contributed by atoms with van der Waals surface area (Å²) in [4.78, 5) is 30.9.